The predicted octanol–water partition coefficient (Wildman–Crippen LogP) is 4.83. The maximum absolute atomic E-state index is 6.39. The number of hydrogen-bond donors (Lipinski definition) is 0. The molecule has 2 nitrogen and oxygen atoms in total. The molecule has 0 aliphatic heterocycles. The molecule has 0 amide bonds. The topological polar surface area (TPSA) is 18.5 Å². The lowest BCUT2D eigenvalue weighted by Crippen LogP contribution is -2.38. The van der Waals surface area contributed by atoms with Crippen LogP contribution in [0.4, 0.5) is 0 Å². The highest BCUT2D eigenvalue weighted by molar-refractivity contribution is 6.69. The van der Waals surface area contributed by atoms with E-state index in [1.807, 2.05) is 6.08 Å². The van der Waals surface area contributed by atoms with Crippen molar-refractivity contribution in [1.29, 1.82) is 0 Å². The van der Waals surface area contributed by atoms with E-state index in [1.165, 1.54) is 6.42 Å². The molecule has 1 aliphatic carbocycles. The zero-order valence-corrected chi connectivity index (χ0v) is 14.7. The maximum atomic E-state index is 6.39. The van der Waals surface area contributed by atoms with E-state index in [-0.39, 0.29) is 5.79 Å². The van der Waals surface area contributed by atoms with Crippen molar-refractivity contribution in [1.82, 2.24) is 0 Å². The van der Waals surface area contributed by atoms with Crippen LogP contribution in [0.25, 0.3) is 0 Å². The van der Waals surface area contributed by atoms with Gasteiger partial charge in [0.05, 0.1) is 0 Å². The monoisotopic (exact) mass is 284 g/mol. The molecule has 19 heavy (non-hydrogen) atoms. The van der Waals surface area contributed by atoms with E-state index in [4.69, 9.17) is 9.16 Å². The van der Waals surface area contributed by atoms with Gasteiger partial charge in [0, 0.05) is 18.9 Å². The summed E-state index contributed by atoms with van der Waals surface area (Å²) in [5, 5.41) is 0. The highest BCUT2D eigenvalue weighted by Gasteiger charge is 2.61. The fourth-order valence-electron chi connectivity index (χ4n) is 3.11. The summed E-state index contributed by atoms with van der Waals surface area (Å²) in [5.41, 5.74) is 0. The molecule has 1 saturated carbocycles. The Labute approximate surface area is 120 Å². The Balaban J connectivity index is 2.74. The van der Waals surface area contributed by atoms with Crippen molar-refractivity contribution in [3.05, 3.63) is 12.7 Å². The molecule has 3 atom stereocenters. The van der Waals surface area contributed by atoms with Crippen LogP contribution >= 0.6 is 0 Å². The minimum absolute atomic E-state index is 0.269. The first-order valence-electron chi connectivity index (χ1n) is 7.70. The van der Waals surface area contributed by atoms with E-state index in [2.05, 4.69) is 47.0 Å². The van der Waals surface area contributed by atoms with Gasteiger partial charge in [-0.25, -0.2) is 0 Å². The van der Waals surface area contributed by atoms with Gasteiger partial charge in [-0.3, -0.25) is 0 Å². The average Bonchev–Trinajstić information content (AvgIpc) is 2.89. The Bertz CT molecular complexity index is 296. The molecule has 0 bridgehead atoms. The molecule has 0 radical (unpaired) electrons. The summed E-state index contributed by atoms with van der Waals surface area (Å²) in [6, 6.07) is 0. The molecule has 1 rings (SSSR count). The largest absolute Gasteiger partial charge is 0.391 e. The first kappa shape index (κ1) is 16.9. The van der Waals surface area contributed by atoms with Gasteiger partial charge in [0.25, 0.3) is 0 Å². The normalized spacial score (nSPS) is 28.5. The Hall–Kier alpha value is -0.123. The molecule has 112 valence electrons. The summed E-state index contributed by atoms with van der Waals surface area (Å²) in [7, 11) is -1.57. The summed E-state index contributed by atoms with van der Waals surface area (Å²) >= 11 is 0. The van der Waals surface area contributed by atoms with Gasteiger partial charge < -0.3 is 9.16 Å². The summed E-state index contributed by atoms with van der Waals surface area (Å²) in [6.07, 6.45) is 5.40. The van der Waals surface area contributed by atoms with Crippen LogP contribution in [-0.2, 0) is 9.16 Å². The van der Waals surface area contributed by atoms with Gasteiger partial charge in [0.1, 0.15) is 0 Å². The fraction of sp³-hybridized carbons (Fsp3) is 0.875. The van der Waals surface area contributed by atoms with Crippen molar-refractivity contribution in [2.75, 3.05) is 6.61 Å². The van der Waals surface area contributed by atoms with E-state index in [0.717, 1.165) is 19.4 Å². The standard InChI is InChI=1S/C16H32O2Si/c1-8-10-11-14(13(3)4)15-12-16(15,17-9-2)18-19(5,6)7/h8,13-15H,1,9-12H2,2-7H3. The smallest absolute Gasteiger partial charge is 0.187 e. The molecule has 1 fully saturated rings. The first-order valence-corrected chi connectivity index (χ1v) is 11.1. The van der Waals surface area contributed by atoms with Gasteiger partial charge in [-0.1, -0.05) is 19.9 Å². The summed E-state index contributed by atoms with van der Waals surface area (Å²) in [6.45, 7) is 18.0. The molecule has 0 aromatic rings. The van der Waals surface area contributed by atoms with E-state index in [9.17, 15) is 0 Å². The van der Waals surface area contributed by atoms with Crippen LogP contribution in [0.5, 0.6) is 0 Å². The lowest BCUT2D eigenvalue weighted by Gasteiger charge is -2.30. The van der Waals surface area contributed by atoms with Crippen molar-refractivity contribution in [3.8, 4) is 0 Å². The Morgan fingerprint density at radius 3 is 2.42 bits per heavy atom. The Morgan fingerprint density at radius 2 is 2.00 bits per heavy atom. The zero-order valence-electron chi connectivity index (χ0n) is 13.7. The maximum Gasteiger partial charge on any atom is 0.187 e. The van der Waals surface area contributed by atoms with E-state index in [1.54, 1.807) is 0 Å². The van der Waals surface area contributed by atoms with Crippen molar-refractivity contribution < 1.29 is 9.16 Å². The molecule has 0 N–H and O–H groups in total. The molecule has 0 saturated heterocycles. The predicted molar refractivity (Wildman–Crippen MR) is 84.7 cm³/mol. The van der Waals surface area contributed by atoms with Crippen LogP contribution in [0.1, 0.15) is 40.0 Å². The van der Waals surface area contributed by atoms with E-state index < -0.39 is 8.32 Å². The summed E-state index contributed by atoms with van der Waals surface area (Å²) < 4.78 is 12.4. The average molecular weight is 285 g/mol. The van der Waals surface area contributed by atoms with Crippen LogP contribution in [0, 0.1) is 17.8 Å². The number of allylic oxidation sites excluding steroid dienone is 1. The molecule has 3 heteroatoms. The highest BCUT2D eigenvalue weighted by Crippen LogP contribution is 2.56. The highest BCUT2D eigenvalue weighted by atomic mass is 28.4. The second-order valence-corrected chi connectivity index (χ2v) is 11.5. The van der Waals surface area contributed by atoms with Crippen LogP contribution in [0.3, 0.4) is 0 Å². The lowest BCUT2D eigenvalue weighted by atomic mass is 9.86. The third kappa shape index (κ3) is 4.73. The molecular weight excluding hydrogens is 252 g/mol. The van der Waals surface area contributed by atoms with Gasteiger partial charge in [0.15, 0.2) is 14.1 Å². The number of ether oxygens (including phenoxy) is 1. The van der Waals surface area contributed by atoms with Crippen molar-refractivity contribution in [2.45, 2.75) is 65.5 Å². The molecule has 0 heterocycles. The quantitative estimate of drug-likeness (QED) is 0.343. The van der Waals surface area contributed by atoms with Crippen LogP contribution < -0.4 is 0 Å². The van der Waals surface area contributed by atoms with E-state index in [0.29, 0.717) is 17.8 Å². The molecule has 0 aromatic heterocycles. The van der Waals surface area contributed by atoms with Crippen LogP contribution in [0.2, 0.25) is 19.6 Å². The van der Waals surface area contributed by atoms with E-state index >= 15 is 0 Å². The van der Waals surface area contributed by atoms with Crippen molar-refractivity contribution in [3.63, 3.8) is 0 Å². The first-order chi connectivity index (χ1) is 8.75. The van der Waals surface area contributed by atoms with Gasteiger partial charge >= 0.3 is 0 Å². The van der Waals surface area contributed by atoms with Gasteiger partial charge in [0.2, 0.25) is 0 Å². The second-order valence-electron chi connectivity index (χ2n) is 7.04. The SMILES string of the molecule is C=CCCC(C(C)C)C1CC1(OCC)O[Si](C)(C)C. The van der Waals surface area contributed by atoms with Gasteiger partial charge in [-0.15, -0.1) is 6.58 Å². The third-order valence-corrected chi connectivity index (χ3v) is 4.81. The van der Waals surface area contributed by atoms with Gasteiger partial charge in [-0.2, -0.15) is 0 Å². The zero-order chi connectivity index (χ0) is 14.7. The number of rotatable bonds is 9. The number of hydrogen-bond acceptors (Lipinski definition) is 2. The second kappa shape index (κ2) is 6.55. The molecule has 1 aliphatic rings. The Morgan fingerprint density at radius 1 is 1.37 bits per heavy atom. The van der Waals surface area contributed by atoms with Crippen molar-refractivity contribution >= 4 is 8.32 Å². The molecule has 0 aromatic carbocycles. The third-order valence-electron chi connectivity index (χ3n) is 3.85. The van der Waals surface area contributed by atoms with Gasteiger partial charge in [-0.05, 0) is 51.2 Å². The fourth-order valence-corrected chi connectivity index (χ4v) is 4.44. The van der Waals surface area contributed by atoms with Crippen LogP contribution in [-0.4, -0.2) is 20.7 Å². The summed E-state index contributed by atoms with van der Waals surface area (Å²) in [4.78, 5) is 0. The minimum atomic E-state index is -1.57. The minimum Gasteiger partial charge on any atom is -0.391 e. The summed E-state index contributed by atoms with van der Waals surface area (Å²) in [5.74, 6) is 1.66. The van der Waals surface area contributed by atoms with Crippen molar-refractivity contribution in [2.24, 2.45) is 17.8 Å². The van der Waals surface area contributed by atoms with Crippen LogP contribution in [0.15, 0.2) is 12.7 Å². The molecule has 0 spiro atoms. The molecule has 3 unspecified atom stereocenters. The molecular formula is C16H32O2Si. The Kier molecular flexibility index (Phi) is 5.84. The lowest BCUT2D eigenvalue weighted by molar-refractivity contribution is -0.126.